The summed E-state index contributed by atoms with van der Waals surface area (Å²) in [6.45, 7) is 6.50. The molecular formula is C23H30N2O3. The van der Waals surface area contributed by atoms with Crippen molar-refractivity contribution in [2.75, 3.05) is 33.7 Å². The predicted molar refractivity (Wildman–Crippen MR) is 114 cm³/mol. The first kappa shape index (κ1) is 21.6. The molecule has 0 aliphatic rings. The number of amides is 1. The summed E-state index contributed by atoms with van der Waals surface area (Å²) < 4.78 is 5.38. The maximum absolute atomic E-state index is 12.8. The van der Waals surface area contributed by atoms with Crippen LogP contribution in [-0.4, -0.2) is 61.0 Å². The second-order valence-electron chi connectivity index (χ2n) is 8.05. The van der Waals surface area contributed by atoms with Crippen LogP contribution in [0.15, 0.2) is 48.5 Å². The van der Waals surface area contributed by atoms with E-state index in [1.807, 2.05) is 88.3 Å². The van der Waals surface area contributed by atoms with E-state index in [0.717, 1.165) is 16.3 Å². The van der Waals surface area contributed by atoms with E-state index in [1.165, 1.54) is 11.0 Å². The van der Waals surface area contributed by atoms with Gasteiger partial charge in [-0.25, -0.2) is 0 Å². The van der Waals surface area contributed by atoms with E-state index in [-0.39, 0.29) is 12.5 Å². The highest BCUT2D eigenvalue weighted by Crippen LogP contribution is 2.19. The number of nitrogens with zero attached hydrogens (tertiary/aromatic N) is 2. The quantitative estimate of drug-likeness (QED) is 0.542. The molecule has 0 radical (unpaired) electrons. The minimum atomic E-state index is -0.577. The molecule has 0 heterocycles. The van der Waals surface area contributed by atoms with Gasteiger partial charge in [0.15, 0.2) is 0 Å². The molecule has 5 nitrogen and oxygen atoms in total. The molecular weight excluding hydrogens is 352 g/mol. The third-order valence-electron chi connectivity index (χ3n) is 4.10. The van der Waals surface area contributed by atoms with Gasteiger partial charge in [-0.05, 0) is 57.3 Å². The molecule has 2 rings (SSSR count). The topological polar surface area (TPSA) is 49.9 Å². The third-order valence-corrected chi connectivity index (χ3v) is 4.10. The van der Waals surface area contributed by atoms with E-state index >= 15 is 0 Å². The molecule has 2 aromatic carbocycles. The molecule has 0 saturated carbocycles. The highest BCUT2D eigenvalue weighted by atomic mass is 16.6. The smallest absolute Gasteiger partial charge is 0.326 e. The zero-order chi connectivity index (χ0) is 20.7. The van der Waals surface area contributed by atoms with Gasteiger partial charge in [-0.2, -0.15) is 0 Å². The first-order chi connectivity index (χ1) is 13.2. The second-order valence-corrected chi connectivity index (χ2v) is 8.05. The molecule has 0 aromatic heterocycles. The van der Waals surface area contributed by atoms with Gasteiger partial charge in [0.05, 0.1) is 0 Å². The van der Waals surface area contributed by atoms with E-state index in [2.05, 4.69) is 0 Å². The maximum atomic E-state index is 12.8. The van der Waals surface area contributed by atoms with Crippen LogP contribution in [0.2, 0.25) is 0 Å². The molecule has 0 N–H and O–H groups in total. The number of fused-ring (bicyclic) bond motifs is 1. The third kappa shape index (κ3) is 6.82. The van der Waals surface area contributed by atoms with Crippen molar-refractivity contribution in [1.29, 1.82) is 0 Å². The monoisotopic (exact) mass is 382 g/mol. The Morgan fingerprint density at radius 3 is 2.36 bits per heavy atom. The van der Waals surface area contributed by atoms with Gasteiger partial charge in [-0.1, -0.05) is 42.5 Å². The lowest BCUT2D eigenvalue weighted by Gasteiger charge is -2.25. The van der Waals surface area contributed by atoms with Crippen LogP contribution in [-0.2, 0) is 14.3 Å². The van der Waals surface area contributed by atoms with Gasteiger partial charge < -0.3 is 14.5 Å². The fourth-order valence-electron chi connectivity index (χ4n) is 2.78. The highest BCUT2D eigenvalue weighted by molar-refractivity contribution is 5.97. The first-order valence-electron chi connectivity index (χ1n) is 9.47. The molecule has 0 fully saturated rings. The molecule has 2 aromatic rings. The number of hydrogen-bond acceptors (Lipinski definition) is 4. The van der Waals surface area contributed by atoms with E-state index in [9.17, 15) is 9.59 Å². The Kier molecular flexibility index (Phi) is 7.35. The van der Waals surface area contributed by atoms with Crippen LogP contribution in [0.25, 0.3) is 16.8 Å². The molecule has 1 amide bonds. The van der Waals surface area contributed by atoms with Crippen molar-refractivity contribution >= 4 is 28.7 Å². The molecule has 150 valence electrons. The number of likely N-dealkylation sites (N-methyl/N-ethyl adjacent to an activating group) is 1. The van der Waals surface area contributed by atoms with Gasteiger partial charge in [-0.15, -0.1) is 0 Å². The maximum Gasteiger partial charge on any atom is 0.326 e. The average Bonchev–Trinajstić information content (AvgIpc) is 2.61. The number of hydrogen-bond donors (Lipinski definition) is 0. The number of ether oxygens (including phenoxy) is 1. The van der Waals surface area contributed by atoms with Crippen molar-refractivity contribution in [2.45, 2.75) is 26.4 Å². The lowest BCUT2D eigenvalue weighted by molar-refractivity contribution is -0.158. The number of carbonyl (C=O) groups excluding carboxylic acids is 2. The van der Waals surface area contributed by atoms with Crippen molar-refractivity contribution in [2.24, 2.45) is 0 Å². The minimum absolute atomic E-state index is 0.0657. The Morgan fingerprint density at radius 1 is 1.00 bits per heavy atom. The van der Waals surface area contributed by atoms with E-state index in [0.29, 0.717) is 13.1 Å². The fourth-order valence-corrected chi connectivity index (χ4v) is 2.78. The Hall–Kier alpha value is -2.66. The lowest BCUT2D eigenvalue weighted by Crippen LogP contribution is -2.41. The van der Waals surface area contributed by atoms with Gasteiger partial charge in [0, 0.05) is 19.2 Å². The van der Waals surface area contributed by atoms with Gasteiger partial charge in [-0.3, -0.25) is 9.59 Å². The zero-order valence-electron chi connectivity index (χ0n) is 17.4. The highest BCUT2D eigenvalue weighted by Gasteiger charge is 2.21. The lowest BCUT2D eigenvalue weighted by atomic mass is 10.0. The van der Waals surface area contributed by atoms with Crippen LogP contribution in [0, 0.1) is 0 Å². The molecule has 0 spiro atoms. The van der Waals surface area contributed by atoms with E-state index in [4.69, 9.17) is 4.74 Å². The summed E-state index contributed by atoms with van der Waals surface area (Å²) in [6.07, 6.45) is 3.34. The number of benzene rings is 2. The van der Waals surface area contributed by atoms with Gasteiger partial charge in [0.1, 0.15) is 12.1 Å². The van der Waals surface area contributed by atoms with Crippen LogP contribution in [0.5, 0.6) is 0 Å². The van der Waals surface area contributed by atoms with Crippen LogP contribution in [0.3, 0.4) is 0 Å². The summed E-state index contributed by atoms with van der Waals surface area (Å²) in [5.74, 6) is -0.612. The molecule has 0 atom stereocenters. The molecule has 0 unspecified atom stereocenters. The Bertz CT molecular complexity index is 845. The largest absolute Gasteiger partial charge is 0.459 e. The van der Waals surface area contributed by atoms with Crippen molar-refractivity contribution < 1.29 is 14.3 Å². The SMILES string of the molecule is CN(C)CCN(CC(=O)OC(C)(C)C)C(=O)/C=C/c1cccc2ccccc12. The fraction of sp³-hybridized carbons (Fsp3) is 0.391. The number of esters is 1. The molecule has 0 aliphatic carbocycles. The van der Waals surface area contributed by atoms with Gasteiger partial charge >= 0.3 is 5.97 Å². The zero-order valence-corrected chi connectivity index (χ0v) is 17.4. The molecule has 5 heteroatoms. The van der Waals surface area contributed by atoms with Crippen molar-refractivity contribution in [3.8, 4) is 0 Å². The predicted octanol–water partition coefficient (Wildman–Crippen LogP) is 3.58. The average molecular weight is 383 g/mol. The molecule has 0 aliphatic heterocycles. The van der Waals surface area contributed by atoms with Crippen molar-refractivity contribution in [3.63, 3.8) is 0 Å². The van der Waals surface area contributed by atoms with Crippen molar-refractivity contribution in [3.05, 3.63) is 54.1 Å². The standard InChI is InChI=1S/C23H30N2O3/c1-23(2,3)28-22(27)17-25(16-15-24(4)5)21(26)14-13-19-11-8-10-18-9-6-7-12-20(18)19/h6-14H,15-17H2,1-5H3/b14-13+. The summed E-state index contributed by atoms with van der Waals surface area (Å²) in [7, 11) is 3.87. The molecule has 28 heavy (non-hydrogen) atoms. The normalized spacial score (nSPS) is 11.9. The Labute approximate surface area is 167 Å². The van der Waals surface area contributed by atoms with Crippen LogP contribution in [0.1, 0.15) is 26.3 Å². The summed E-state index contributed by atoms with van der Waals surface area (Å²) in [4.78, 5) is 28.5. The molecule has 0 saturated heterocycles. The number of carbonyl (C=O) groups is 2. The Balaban J connectivity index is 2.16. The summed E-state index contributed by atoms with van der Waals surface area (Å²) >= 11 is 0. The van der Waals surface area contributed by atoms with Crippen LogP contribution in [0.4, 0.5) is 0 Å². The van der Waals surface area contributed by atoms with Crippen LogP contribution >= 0.6 is 0 Å². The van der Waals surface area contributed by atoms with Crippen molar-refractivity contribution in [1.82, 2.24) is 9.80 Å². The number of rotatable bonds is 7. The van der Waals surface area contributed by atoms with Crippen LogP contribution < -0.4 is 0 Å². The van der Waals surface area contributed by atoms with E-state index in [1.54, 1.807) is 0 Å². The minimum Gasteiger partial charge on any atom is -0.459 e. The summed E-state index contributed by atoms with van der Waals surface area (Å²) in [5.41, 5.74) is 0.392. The Morgan fingerprint density at radius 2 is 1.68 bits per heavy atom. The van der Waals surface area contributed by atoms with Gasteiger partial charge in [0.2, 0.25) is 5.91 Å². The molecule has 0 bridgehead atoms. The summed E-state index contributed by atoms with van der Waals surface area (Å²) in [5, 5.41) is 2.20. The second kappa shape index (κ2) is 9.51. The van der Waals surface area contributed by atoms with Gasteiger partial charge in [0.25, 0.3) is 0 Å². The first-order valence-corrected chi connectivity index (χ1v) is 9.47. The van der Waals surface area contributed by atoms with E-state index < -0.39 is 11.6 Å². The summed E-state index contributed by atoms with van der Waals surface area (Å²) in [6, 6.07) is 14.0.